The van der Waals surface area contributed by atoms with Crippen LogP contribution in [-0.2, 0) is 5.41 Å². The Morgan fingerprint density at radius 2 is 2.15 bits per heavy atom. The molecule has 0 aromatic carbocycles. The predicted octanol–water partition coefficient (Wildman–Crippen LogP) is 2.42. The summed E-state index contributed by atoms with van der Waals surface area (Å²) in [6.45, 7) is 8.09. The first kappa shape index (κ1) is 10.3. The summed E-state index contributed by atoms with van der Waals surface area (Å²) in [5.41, 5.74) is 0.866. The number of nitrogens with zero attached hydrogens (tertiary/aromatic N) is 1. The minimum atomic E-state index is -0.524. The Morgan fingerprint density at radius 1 is 1.54 bits per heavy atom. The zero-order chi connectivity index (χ0) is 10.1. The third kappa shape index (κ3) is 2.31. The van der Waals surface area contributed by atoms with Gasteiger partial charge in [0.1, 0.15) is 6.10 Å². The van der Waals surface area contributed by atoms with Crippen LogP contribution in [0.25, 0.3) is 0 Å². The molecule has 1 unspecified atom stereocenters. The van der Waals surface area contributed by atoms with Crippen LogP contribution in [0.4, 0.5) is 0 Å². The first-order valence-corrected chi connectivity index (χ1v) is 4.60. The molecule has 1 aromatic heterocycles. The molecule has 0 amide bonds. The molecule has 13 heavy (non-hydrogen) atoms. The van der Waals surface area contributed by atoms with Crippen molar-refractivity contribution in [2.45, 2.75) is 45.6 Å². The molecular weight excluding hydrogens is 166 g/mol. The molecule has 1 heterocycles. The molecule has 1 aromatic rings. The van der Waals surface area contributed by atoms with E-state index in [1.54, 1.807) is 0 Å². The van der Waals surface area contributed by atoms with Crippen molar-refractivity contribution in [1.29, 1.82) is 0 Å². The highest BCUT2D eigenvalue weighted by Gasteiger charge is 2.20. The van der Waals surface area contributed by atoms with Crippen LogP contribution in [0.3, 0.4) is 0 Å². The van der Waals surface area contributed by atoms with Crippen molar-refractivity contribution in [2.75, 3.05) is 0 Å². The second-order valence-corrected chi connectivity index (χ2v) is 4.29. The van der Waals surface area contributed by atoms with E-state index in [0.717, 1.165) is 5.69 Å². The molecule has 0 bridgehead atoms. The van der Waals surface area contributed by atoms with E-state index in [1.807, 2.05) is 13.0 Å². The third-order valence-electron chi connectivity index (χ3n) is 2.01. The van der Waals surface area contributed by atoms with Crippen LogP contribution < -0.4 is 0 Å². The highest BCUT2D eigenvalue weighted by Crippen LogP contribution is 2.25. The molecule has 0 aliphatic rings. The molecule has 1 rings (SSSR count). The van der Waals surface area contributed by atoms with Crippen LogP contribution in [0.15, 0.2) is 10.6 Å². The topological polar surface area (TPSA) is 46.3 Å². The largest absolute Gasteiger partial charge is 0.385 e. The van der Waals surface area contributed by atoms with Crippen LogP contribution in [0.5, 0.6) is 0 Å². The minimum absolute atomic E-state index is 0.0186. The molecule has 0 saturated carbocycles. The normalized spacial score (nSPS) is 14.5. The zero-order valence-electron chi connectivity index (χ0n) is 8.66. The van der Waals surface area contributed by atoms with Gasteiger partial charge in [0, 0.05) is 11.5 Å². The molecule has 3 nitrogen and oxygen atoms in total. The summed E-state index contributed by atoms with van der Waals surface area (Å²) in [7, 11) is 0. The van der Waals surface area contributed by atoms with Crippen molar-refractivity contribution in [2.24, 2.45) is 0 Å². The highest BCUT2D eigenvalue weighted by atomic mass is 16.5. The summed E-state index contributed by atoms with van der Waals surface area (Å²) in [6.07, 6.45) is 0.127. The van der Waals surface area contributed by atoms with Crippen molar-refractivity contribution in [1.82, 2.24) is 5.16 Å². The fraction of sp³-hybridized carbons (Fsp3) is 0.700. The molecule has 0 fully saturated rings. The number of rotatable bonds is 2. The van der Waals surface area contributed by atoms with Crippen molar-refractivity contribution < 1.29 is 9.63 Å². The quantitative estimate of drug-likeness (QED) is 0.765. The lowest BCUT2D eigenvalue weighted by Crippen LogP contribution is -2.11. The second kappa shape index (κ2) is 3.50. The Balaban J connectivity index is 2.87. The van der Waals surface area contributed by atoms with E-state index in [0.29, 0.717) is 12.2 Å². The van der Waals surface area contributed by atoms with E-state index in [1.165, 1.54) is 0 Å². The summed E-state index contributed by atoms with van der Waals surface area (Å²) in [5.74, 6) is 0.562. The lowest BCUT2D eigenvalue weighted by Gasteiger charge is -2.12. The second-order valence-electron chi connectivity index (χ2n) is 4.29. The molecule has 0 saturated heterocycles. The van der Waals surface area contributed by atoms with E-state index in [9.17, 15) is 5.11 Å². The van der Waals surface area contributed by atoms with Gasteiger partial charge in [0.2, 0.25) is 0 Å². The Bertz CT molecular complexity index is 273. The maximum Gasteiger partial charge on any atom is 0.165 e. The molecule has 0 aliphatic heterocycles. The smallest absolute Gasteiger partial charge is 0.165 e. The summed E-state index contributed by atoms with van der Waals surface area (Å²) >= 11 is 0. The molecule has 3 heteroatoms. The highest BCUT2D eigenvalue weighted by molar-refractivity contribution is 5.15. The maximum absolute atomic E-state index is 9.47. The SMILES string of the molecule is CCC(O)c1cc(C(C)(C)C)no1. The number of aliphatic hydroxyl groups excluding tert-OH is 1. The van der Waals surface area contributed by atoms with Crippen molar-refractivity contribution >= 4 is 0 Å². The van der Waals surface area contributed by atoms with E-state index < -0.39 is 6.10 Å². The first-order valence-electron chi connectivity index (χ1n) is 4.60. The van der Waals surface area contributed by atoms with E-state index >= 15 is 0 Å². The van der Waals surface area contributed by atoms with E-state index in [-0.39, 0.29) is 5.41 Å². The fourth-order valence-electron chi connectivity index (χ4n) is 1.00. The average molecular weight is 183 g/mol. The molecule has 1 N–H and O–H groups in total. The number of aliphatic hydroxyl groups is 1. The molecular formula is C10H17NO2. The van der Waals surface area contributed by atoms with Gasteiger partial charge < -0.3 is 9.63 Å². The number of aromatic nitrogens is 1. The lowest BCUT2D eigenvalue weighted by molar-refractivity contribution is 0.135. The van der Waals surface area contributed by atoms with Crippen LogP contribution in [0.2, 0.25) is 0 Å². The third-order valence-corrected chi connectivity index (χ3v) is 2.01. The lowest BCUT2D eigenvalue weighted by atomic mass is 9.92. The predicted molar refractivity (Wildman–Crippen MR) is 50.5 cm³/mol. The molecule has 0 spiro atoms. The van der Waals surface area contributed by atoms with Crippen molar-refractivity contribution in [3.05, 3.63) is 17.5 Å². The average Bonchev–Trinajstić information content (AvgIpc) is 2.50. The van der Waals surface area contributed by atoms with Gasteiger partial charge in [-0.3, -0.25) is 0 Å². The van der Waals surface area contributed by atoms with Gasteiger partial charge in [-0.2, -0.15) is 0 Å². The summed E-state index contributed by atoms with van der Waals surface area (Å²) in [5, 5.41) is 13.4. The van der Waals surface area contributed by atoms with Gasteiger partial charge in [-0.1, -0.05) is 32.9 Å². The fourth-order valence-corrected chi connectivity index (χ4v) is 1.00. The number of hydrogen-bond donors (Lipinski definition) is 1. The van der Waals surface area contributed by atoms with Gasteiger partial charge >= 0.3 is 0 Å². The summed E-state index contributed by atoms with van der Waals surface area (Å²) in [4.78, 5) is 0. The van der Waals surface area contributed by atoms with Crippen molar-refractivity contribution in [3.63, 3.8) is 0 Å². The van der Waals surface area contributed by atoms with Gasteiger partial charge in [0.15, 0.2) is 5.76 Å². The number of hydrogen-bond acceptors (Lipinski definition) is 3. The van der Waals surface area contributed by atoms with E-state index in [4.69, 9.17) is 4.52 Å². The minimum Gasteiger partial charge on any atom is -0.385 e. The summed E-state index contributed by atoms with van der Waals surface area (Å²) in [6, 6.07) is 1.83. The van der Waals surface area contributed by atoms with Crippen LogP contribution in [-0.4, -0.2) is 10.3 Å². The van der Waals surface area contributed by atoms with Gasteiger partial charge in [0.05, 0.1) is 5.69 Å². The molecule has 1 atom stereocenters. The molecule has 0 aliphatic carbocycles. The van der Waals surface area contributed by atoms with Crippen molar-refractivity contribution in [3.8, 4) is 0 Å². The van der Waals surface area contributed by atoms with E-state index in [2.05, 4.69) is 25.9 Å². The van der Waals surface area contributed by atoms with Gasteiger partial charge in [-0.25, -0.2) is 0 Å². The Hall–Kier alpha value is -0.830. The summed E-state index contributed by atoms with van der Waals surface area (Å²) < 4.78 is 5.04. The van der Waals surface area contributed by atoms with Crippen LogP contribution in [0.1, 0.15) is 51.7 Å². The van der Waals surface area contributed by atoms with Gasteiger partial charge in [-0.05, 0) is 6.42 Å². The molecule has 74 valence electrons. The Kier molecular flexibility index (Phi) is 2.76. The van der Waals surface area contributed by atoms with Crippen LogP contribution in [0, 0.1) is 0 Å². The zero-order valence-corrected chi connectivity index (χ0v) is 8.66. The Labute approximate surface area is 78.7 Å². The molecule has 0 radical (unpaired) electrons. The standard InChI is InChI=1S/C10H17NO2/c1-5-7(12)8-6-9(11-13-8)10(2,3)4/h6-7,12H,5H2,1-4H3. The maximum atomic E-state index is 9.47. The van der Waals surface area contributed by atoms with Crippen LogP contribution >= 0.6 is 0 Å². The Morgan fingerprint density at radius 3 is 2.54 bits per heavy atom. The monoisotopic (exact) mass is 183 g/mol. The first-order chi connectivity index (χ1) is 5.95. The van der Waals surface area contributed by atoms with Gasteiger partial charge in [-0.15, -0.1) is 0 Å². The van der Waals surface area contributed by atoms with Gasteiger partial charge in [0.25, 0.3) is 0 Å².